The average molecular weight is 212 g/mol. The Morgan fingerprint density at radius 1 is 1.40 bits per heavy atom. The van der Waals surface area contributed by atoms with Gasteiger partial charge < -0.3 is 10.2 Å². The van der Waals surface area contributed by atoms with E-state index >= 15 is 0 Å². The lowest BCUT2D eigenvalue weighted by molar-refractivity contribution is 0.197. The largest absolute Gasteiger partial charge is 0.335 e. The Morgan fingerprint density at radius 2 is 2.13 bits per heavy atom. The summed E-state index contributed by atoms with van der Waals surface area (Å²) in [7, 11) is 1.84. The molecular formula is C12H24N2O. The second-order valence-electron chi connectivity index (χ2n) is 4.60. The quantitative estimate of drug-likeness (QED) is 0.766. The van der Waals surface area contributed by atoms with Crippen molar-refractivity contribution in [2.24, 2.45) is 5.92 Å². The van der Waals surface area contributed by atoms with Gasteiger partial charge in [0.2, 0.25) is 0 Å². The minimum Gasteiger partial charge on any atom is -0.335 e. The number of hydrogen-bond acceptors (Lipinski definition) is 1. The van der Waals surface area contributed by atoms with Crippen LogP contribution in [0.1, 0.15) is 46.0 Å². The fraction of sp³-hybridized carbons (Fsp3) is 0.917. The SMILES string of the molecule is CCC1CCCC(NC(=O)N(C)CC)C1. The summed E-state index contributed by atoms with van der Waals surface area (Å²) in [5.41, 5.74) is 0. The van der Waals surface area contributed by atoms with E-state index in [-0.39, 0.29) is 6.03 Å². The average Bonchev–Trinajstić information content (AvgIpc) is 2.28. The van der Waals surface area contributed by atoms with Crippen LogP contribution in [-0.2, 0) is 0 Å². The van der Waals surface area contributed by atoms with Gasteiger partial charge in [0, 0.05) is 19.6 Å². The first-order chi connectivity index (χ1) is 7.17. The molecule has 1 aliphatic rings. The molecule has 0 bridgehead atoms. The summed E-state index contributed by atoms with van der Waals surface area (Å²) in [4.78, 5) is 13.4. The third-order valence-electron chi connectivity index (χ3n) is 3.51. The molecule has 0 aromatic carbocycles. The molecule has 3 heteroatoms. The van der Waals surface area contributed by atoms with Crippen molar-refractivity contribution in [3.63, 3.8) is 0 Å². The van der Waals surface area contributed by atoms with Gasteiger partial charge in [-0.25, -0.2) is 4.79 Å². The second-order valence-corrected chi connectivity index (χ2v) is 4.60. The highest BCUT2D eigenvalue weighted by Gasteiger charge is 2.22. The predicted octanol–water partition coefficient (Wildman–Crippen LogP) is 2.62. The van der Waals surface area contributed by atoms with Gasteiger partial charge in [-0.2, -0.15) is 0 Å². The standard InChI is InChI=1S/C12H24N2O/c1-4-10-7-6-8-11(9-10)13-12(15)14(3)5-2/h10-11H,4-9H2,1-3H3,(H,13,15). The molecule has 2 amide bonds. The molecule has 1 N–H and O–H groups in total. The third-order valence-corrected chi connectivity index (χ3v) is 3.51. The van der Waals surface area contributed by atoms with Crippen LogP contribution in [0.15, 0.2) is 0 Å². The van der Waals surface area contributed by atoms with Gasteiger partial charge in [0.1, 0.15) is 0 Å². The van der Waals surface area contributed by atoms with Crippen LogP contribution in [-0.4, -0.2) is 30.6 Å². The Hall–Kier alpha value is -0.730. The Morgan fingerprint density at radius 3 is 2.73 bits per heavy atom. The van der Waals surface area contributed by atoms with Crippen LogP contribution in [0.25, 0.3) is 0 Å². The fourth-order valence-electron chi connectivity index (χ4n) is 2.22. The van der Waals surface area contributed by atoms with E-state index in [0.29, 0.717) is 6.04 Å². The number of hydrogen-bond donors (Lipinski definition) is 1. The van der Waals surface area contributed by atoms with Crippen LogP contribution in [0.2, 0.25) is 0 Å². The molecule has 2 atom stereocenters. The molecule has 0 saturated heterocycles. The smallest absolute Gasteiger partial charge is 0.317 e. The zero-order valence-electron chi connectivity index (χ0n) is 10.3. The summed E-state index contributed by atoms with van der Waals surface area (Å²) in [6.45, 7) is 5.01. The fourth-order valence-corrected chi connectivity index (χ4v) is 2.22. The Bertz CT molecular complexity index is 206. The van der Waals surface area contributed by atoms with E-state index in [9.17, 15) is 4.79 Å². The molecule has 0 spiro atoms. The van der Waals surface area contributed by atoms with Gasteiger partial charge in [0.05, 0.1) is 0 Å². The first-order valence-electron chi connectivity index (χ1n) is 6.19. The molecule has 1 aliphatic carbocycles. The van der Waals surface area contributed by atoms with Crippen molar-refractivity contribution < 1.29 is 4.79 Å². The molecule has 15 heavy (non-hydrogen) atoms. The summed E-state index contributed by atoms with van der Waals surface area (Å²) in [5, 5.41) is 3.12. The van der Waals surface area contributed by atoms with Crippen LogP contribution in [0.4, 0.5) is 4.79 Å². The second kappa shape index (κ2) is 5.99. The number of urea groups is 1. The maximum atomic E-state index is 11.7. The minimum atomic E-state index is 0.0826. The van der Waals surface area contributed by atoms with Crippen LogP contribution >= 0.6 is 0 Å². The highest BCUT2D eigenvalue weighted by Crippen LogP contribution is 2.26. The van der Waals surface area contributed by atoms with Crippen molar-refractivity contribution >= 4 is 6.03 Å². The number of rotatable bonds is 3. The molecule has 3 nitrogen and oxygen atoms in total. The zero-order valence-corrected chi connectivity index (χ0v) is 10.3. The van der Waals surface area contributed by atoms with E-state index < -0.39 is 0 Å². The Kier molecular flexibility index (Phi) is 4.92. The molecule has 0 heterocycles. The van der Waals surface area contributed by atoms with Gasteiger partial charge >= 0.3 is 6.03 Å². The van der Waals surface area contributed by atoms with Crippen molar-refractivity contribution in [2.45, 2.75) is 52.0 Å². The highest BCUT2D eigenvalue weighted by atomic mass is 16.2. The van der Waals surface area contributed by atoms with Crippen LogP contribution in [0.5, 0.6) is 0 Å². The van der Waals surface area contributed by atoms with E-state index in [4.69, 9.17) is 0 Å². The van der Waals surface area contributed by atoms with E-state index in [1.165, 1.54) is 25.7 Å². The molecule has 1 fully saturated rings. The van der Waals surface area contributed by atoms with E-state index in [0.717, 1.165) is 18.9 Å². The van der Waals surface area contributed by atoms with Gasteiger partial charge in [-0.05, 0) is 25.7 Å². The first kappa shape index (κ1) is 12.3. The molecule has 0 aromatic rings. The molecule has 0 aliphatic heterocycles. The topological polar surface area (TPSA) is 32.3 Å². The van der Waals surface area contributed by atoms with Gasteiger partial charge in [-0.15, -0.1) is 0 Å². The van der Waals surface area contributed by atoms with E-state index in [1.54, 1.807) is 4.90 Å². The molecular weight excluding hydrogens is 188 g/mol. The summed E-state index contributed by atoms with van der Waals surface area (Å²) in [5.74, 6) is 0.816. The Balaban J connectivity index is 2.34. The normalized spacial score (nSPS) is 26.1. The van der Waals surface area contributed by atoms with Gasteiger partial charge in [-0.1, -0.05) is 26.2 Å². The number of nitrogens with one attached hydrogen (secondary N) is 1. The monoisotopic (exact) mass is 212 g/mol. The lowest BCUT2D eigenvalue weighted by Gasteiger charge is -2.30. The maximum Gasteiger partial charge on any atom is 0.317 e. The lowest BCUT2D eigenvalue weighted by atomic mass is 9.84. The van der Waals surface area contributed by atoms with Crippen molar-refractivity contribution in [2.75, 3.05) is 13.6 Å². The van der Waals surface area contributed by atoms with Gasteiger partial charge in [-0.3, -0.25) is 0 Å². The number of amides is 2. The van der Waals surface area contributed by atoms with Gasteiger partial charge in [0.15, 0.2) is 0 Å². The van der Waals surface area contributed by atoms with Crippen LogP contribution in [0.3, 0.4) is 0 Å². The first-order valence-corrected chi connectivity index (χ1v) is 6.19. The molecule has 2 unspecified atom stereocenters. The summed E-state index contributed by atoms with van der Waals surface area (Å²) in [6, 6.07) is 0.490. The highest BCUT2D eigenvalue weighted by molar-refractivity contribution is 5.74. The lowest BCUT2D eigenvalue weighted by Crippen LogP contribution is -2.44. The maximum absolute atomic E-state index is 11.7. The summed E-state index contributed by atoms with van der Waals surface area (Å²) >= 11 is 0. The number of carbonyl (C=O) groups excluding carboxylic acids is 1. The minimum absolute atomic E-state index is 0.0826. The molecule has 1 saturated carbocycles. The van der Waals surface area contributed by atoms with Crippen molar-refractivity contribution in [3.05, 3.63) is 0 Å². The zero-order chi connectivity index (χ0) is 11.3. The number of carbonyl (C=O) groups is 1. The Labute approximate surface area is 93.2 Å². The summed E-state index contributed by atoms with van der Waals surface area (Å²) < 4.78 is 0. The molecule has 88 valence electrons. The van der Waals surface area contributed by atoms with Crippen LogP contribution in [0, 0.1) is 5.92 Å². The van der Waals surface area contributed by atoms with Crippen LogP contribution < -0.4 is 5.32 Å². The van der Waals surface area contributed by atoms with Crippen molar-refractivity contribution in [1.82, 2.24) is 10.2 Å². The molecule has 0 radical (unpaired) electrons. The van der Waals surface area contributed by atoms with E-state index in [2.05, 4.69) is 12.2 Å². The molecule has 0 aromatic heterocycles. The number of nitrogens with zero attached hydrogens (tertiary/aromatic N) is 1. The third kappa shape index (κ3) is 3.73. The van der Waals surface area contributed by atoms with E-state index in [1.807, 2.05) is 14.0 Å². The van der Waals surface area contributed by atoms with Crippen molar-refractivity contribution in [1.29, 1.82) is 0 Å². The predicted molar refractivity (Wildman–Crippen MR) is 62.9 cm³/mol. The summed E-state index contributed by atoms with van der Waals surface area (Å²) in [6.07, 6.45) is 6.17. The van der Waals surface area contributed by atoms with Crippen molar-refractivity contribution in [3.8, 4) is 0 Å². The van der Waals surface area contributed by atoms with Gasteiger partial charge in [0.25, 0.3) is 0 Å². The molecule has 1 rings (SSSR count).